The monoisotopic (exact) mass is 275 g/mol. The van der Waals surface area contributed by atoms with Crippen molar-refractivity contribution in [1.29, 1.82) is 0 Å². The largest absolute Gasteiger partial charge is 0.480 e. The molecule has 0 saturated carbocycles. The molecule has 1 aromatic carbocycles. The van der Waals surface area contributed by atoms with Crippen LogP contribution in [0.15, 0.2) is 24.3 Å². The van der Waals surface area contributed by atoms with Gasteiger partial charge >= 0.3 is 5.97 Å². The standard InChI is InChI=1S/C17H25NO2/c1-2-3-6-14-7-9-15(10-8-14)13-16(17(19)20)18-11-4-5-12-18/h7-10,16H,2-6,11-13H2,1H3,(H,19,20)/t16-/m0/s1. The summed E-state index contributed by atoms with van der Waals surface area (Å²) < 4.78 is 0. The summed E-state index contributed by atoms with van der Waals surface area (Å²) in [5, 5.41) is 9.42. The normalized spacial score (nSPS) is 17.2. The zero-order chi connectivity index (χ0) is 14.4. The van der Waals surface area contributed by atoms with Gasteiger partial charge in [-0.3, -0.25) is 9.69 Å². The Morgan fingerprint density at radius 2 is 1.80 bits per heavy atom. The van der Waals surface area contributed by atoms with E-state index in [0.29, 0.717) is 6.42 Å². The van der Waals surface area contributed by atoms with Crippen molar-refractivity contribution in [1.82, 2.24) is 4.90 Å². The number of unbranched alkanes of at least 4 members (excludes halogenated alkanes) is 1. The van der Waals surface area contributed by atoms with E-state index in [1.54, 1.807) is 0 Å². The van der Waals surface area contributed by atoms with Crippen LogP contribution in [-0.4, -0.2) is 35.1 Å². The van der Waals surface area contributed by atoms with E-state index in [-0.39, 0.29) is 6.04 Å². The number of likely N-dealkylation sites (tertiary alicyclic amines) is 1. The first-order chi connectivity index (χ1) is 9.70. The van der Waals surface area contributed by atoms with Crippen LogP contribution in [0.25, 0.3) is 0 Å². The van der Waals surface area contributed by atoms with Gasteiger partial charge < -0.3 is 5.11 Å². The van der Waals surface area contributed by atoms with Crippen LogP contribution in [0.3, 0.4) is 0 Å². The second-order valence-electron chi connectivity index (χ2n) is 5.72. The molecule has 3 heteroatoms. The summed E-state index contributed by atoms with van der Waals surface area (Å²) in [7, 11) is 0. The number of benzene rings is 1. The van der Waals surface area contributed by atoms with Gasteiger partial charge in [-0.05, 0) is 56.3 Å². The molecule has 0 amide bonds. The molecule has 110 valence electrons. The molecule has 3 nitrogen and oxygen atoms in total. The molecule has 1 aromatic rings. The third-order valence-electron chi connectivity index (χ3n) is 4.14. The lowest BCUT2D eigenvalue weighted by Crippen LogP contribution is -2.40. The molecular weight excluding hydrogens is 250 g/mol. The van der Waals surface area contributed by atoms with Crippen LogP contribution in [0, 0.1) is 0 Å². The van der Waals surface area contributed by atoms with Crippen molar-refractivity contribution in [3.8, 4) is 0 Å². The number of hydrogen-bond donors (Lipinski definition) is 1. The van der Waals surface area contributed by atoms with Gasteiger partial charge in [0, 0.05) is 0 Å². The zero-order valence-corrected chi connectivity index (χ0v) is 12.3. The molecule has 1 aliphatic heterocycles. The topological polar surface area (TPSA) is 40.5 Å². The molecule has 20 heavy (non-hydrogen) atoms. The molecule has 0 aliphatic carbocycles. The van der Waals surface area contributed by atoms with E-state index < -0.39 is 5.97 Å². The third-order valence-corrected chi connectivity index (χ3v) is 4.14. The molecule has 0 radical (unpaired) electrons. The van der Waals surface area contributed by atoms with Crippen LogP contribution in [0.5, 0.6) is 0 Å². The average molecular weight is 275 g/mol. The second-order valence-corrected chi connectivity index (χ2v) is 5.72. The third kappa shape index (κ3) is 4.07. The van der Waals surface area contributed by atoms with Crippen molar-refractivity contribution < 1.29 is 9.90 Å². The highest BCUT2D eigenvalue weighted by molar-refractivity contribution is 5.74. The number of carbonyl (C=O) groups is 1. The number of hydrogen-bond acceptors (Lipinski definition) is 2. The minimum Gasteiger partial charge on any atom is -0.480 e. The highest BCUT2D eigenvalue weighted by Gasteiger charge is 2.27. The molecule has 0 aromatic heterocycles. The van der Waals surface area contributed by atoms with Gasteiger partial charge in [0.1, 0.15) is 6.04 Å². The maximum Gasteiger partial charge on any atom is 0.321 e. The Labute approximate surface area is 121 Å². The summed E-state index contributed by atoms with van der Waals surface area (Å²) in [4.78, 5) is 13.6. The fourth-order valence-corrected chi connectivity index (χ4v) is 2.87. The van der Waals surface area contributed by atoms with E-state index in [4.69, 9.17) is 0 Å². The summed E-state index contributed by atoms with van der Waals surface area (Å²) >= 11 is 0. The van der Waals surface area contributed by atoms with Crippen LogP contribution in [-0.2, 0) is 17.6 Å². The van der Waals surface area contributed by atoms with Gasteiger partial charge in [0.25, 0.3) is 0 Å². The van der Waals surface area contributed by atoms with Crippen molar-refractivity contribution in [2.75, 3.05) is 13.1 Å². The fraction of sp³-hybridized carbons (Fsp3) is 0.588. The van der Waals surface area contributed by atoms with E-state index in [1.165, 1.54) is 18.4 Å². The highest BCUT2D eigenvalue weighted by Crippen LogP contribution is 2.17. The highest BCUT2D eigenvalue weighted by atomic mass is 16.4. The SMILES string of the molecule is CCCCc1ccc(C[C@@H](C(=O)O)N2CCCC2)cc1. The Bertz CT molecular complexity index is 421. The molecule has 1 aliphatic rings. The van der Waals surface area contributed by atoms with Gasteiger partial charge in [-0.2, -0.15) is 0 Å². The van der Waals surface area contributed by atoms with E-state index in [2.05, 4.69) is 36.1 Å². The van der Waals surface area contributed by atoms with Gasteiger partial charge in [-0.25, -0.2) is 0 Å². The molecule has 1 atom stereocenters. The average Bonchev–Trinajstić information content (AvgIpc) is 2.97. The summed E-state index contributed by atoms with van der Waals surface area (Å²) in [6, 6.07) is 8.12. The molecule has 1 fully saturated rings. The molecule has 0 bridgehead atoms. The quantitative estimate of drug-likeness (QED) is 0.831. The van der Waals surface area contributed by atoms with Crippen LogP contribution in [0.4, 0.5) is 0 Å². The van der Waals surface area contributed by atoms with Gasteiger partial charge in [0.2, 0.25) is 0 Å². The van der Waals surface area contributed by atoms with Crippen molar-refractivity contribution in [3.63, 3.8) is 0 Å². The van der Waals surface area contributed by atoms with E-state index in [1.807, 2.05) is 0 Å². The minimum atomic E-state index is -0.693. The number of aliphatic carboxylic acids is 1. The van der Waals surface area contributed by atoms with Crippen molar-refractivity contribution in [2.24, 2.45) is 0 Å². The Kier molecular flexibility index (Phi) is 5.60. The van der Waals surface area contributed by atoms with Crippen LogP contribution >= 0.6 is 0 Å². The molecule has 2 rings (SSSR count). The number of rotatable bonds is 7. The Morgan fingerprint density at radius 1 is 1.20 bits per heavy atom. The van der Waals surface area contributed by atoms with Crippen molar-refractivity contribution in [3.05, 3.63) is 35.4 Å². The van der Waals surface area contributed by atoms with Gasteiger partial charge in [-0.15, -0.1) is 0 Å². The van der Waals surface area contributed by atoms with Gasteiger partial charge in [0.15, 0.2) is 0 Å². The molecule has 1 N–H and O–H groups in total. The first-order valence-electron chi connectivity index (χ1n) is 7.75. The predicted octanol–water partition coefficient (Wildman–Crippen LogP) is 3.12. The van der Waals surface area contributed by atoms with E-state index in [0.717, 1.165) is 37.9 Å². The minimum absolute atomic E-state index is 0.362. The van der Waals surface area contributed by atoms with Gasteiger partial charge in [-0.1, -0.05) is 37.6 Å². The van der Waals surface area contributed by atoms with E-state index in [9.17, 15) is 9.90 Å². The zero-order valence-electron chi connectivity index (χ0n) is 12.3. The Hall–Kier alpha value is -1.35. The first-order valence-corrected chi connectivity index (χ1v) is 7.75. The smallest absolute Gasteiger partial charge is 0.321 e. The first kappa shape index (κ1) is 15.0. The van der Waals surface area contributed by atoms with Crippen LogP contribution < -0.4 is 0 Å². The second kappa shape index (κ2) is 7.44. The Balaban J connectivity index is 1.97. The van der Waals surface area contributed by atoms with E-state index >= 15 is 0 Å². The summed E-state index contributed by atoms with van der Waals surface area (Å²) in [6.07, 6.45) is 6.40. The molecule has 1 saturated heterocycles. The van der Waals surface area contributed by atoms with Crippen molar-refractivity contribution >= 4 is 5.97 Å². The Morgan fingerprint density at radius 3 is 2.35 bits per heavy atom. The molecule has 1 heterocycles. The summed E-state index contributed by atoms with van der Waals surface area (Å²) in [6.45, 7) is 4.04. The summed E-state index contributed by atoms with van der Waals surface area (Å²) in [5.74, 6) is -0.693. The lowest BCUT2D eigenvalue weighted by molar-refractivity contribution is -0.142. The van der Waals surface area contributed by atoms with Crippen LogP contribution in [0.1, 0.15) is 43.7 Å². The fourth-order valence-electron chi connectivity index (χ4n) is 2.87. The number of nitrogens with zero attached hydrogens (tertiary/aromatic N) is 1. The van der Waals surface area contributed by atoms with Crippen molar-refractivity contribution in [2.45, 2.75) is 51.5 Å². The lowest BCUT2D eigenvalue weighted by atomic mass is 10.0. The number of carboxylic acids is 1. The van der Waals surface area contributed by atoms with Gasteiger partial charge in [0.05, 0.1) is 0 Å². The maximum absolute atomic E-state index is 11.5. The molecule has 0 spiro atoms. The lowest BCUT2D eigenvalue weighted by Gasteiger charge is -2.23. The predicted molar refractivity (Wildman–Crippen MR) is 81.0 cm³/mol. The maximum atomic E-state index is 11.5. The van der Waals surface area contributed by atoms with Crippen LogP contribution in [0.2, 0.25) is 0 Å². The molecular formula is C17H25NO2. The number of carboxylic acid groups (broad SMARTS) is 1. The summed E-state index contributed by atoms with van der Waals surface area (Å²) in [5.41, 5.74) is 2.48. The number of aryl methyl sites for hydroxylation is 1. The molecule has 0 unspecified atom stereocenters.